The second-order valence-corrected chi connectivity index (χ2v) is 6.88. The molecule has 0 aliphatic carbocycles. The lowest BCUT2D eigenvalue weighted by Gasteiger charge is -2.39. The largest absolute Gasteiger partial charge is 0.411 e. The lowest BCUT2D eigenvalue weighted by Crippen LogP contribution is -2.48. The number of piperidine rings is 1. The van der Waals surface area contributed by atoms with Crippen LogP contribution in [0.2, 0.25) is 0 Å². The van der Waals surface area contributed by atoms with Gasteiger partial charge in [0.05, 0.1) is 5.75 Å². The van der Waals surface area contributed by atoms with Gasteiger partial charge >= 0.3 is 0 Å². The van der Waals surface area contributed by atoms with Gasteiger partial charge in [-0.3, -0.25) is 4.79 Å². The molecule has 1 fully saturated rings. The van der Waals surface area contributed by atoms with Crippen LogP contribution in [0.1, 0.15) is 33.1 Å². The van der Waals surface area contributed by atoms with Gasteiger partial charge in [-0.15, -0.1) is 10.2 Å². The van der Waals surface area contributed by atoms with Gasteiger partial charge in [-0.05, 0) is 45.2 Å². The number of hydrogen-bond donors (Lipinski definition) is 0. The molecule has 1 aromatic carbocycles. The van der Waals surface area contributed by atoms with E-state index < -0.39 is 0 Å². The highest BCUT2D eigenvalue weighted by atomic mass is 32.2. The number of amides is 1. The van der Waals surface area contributed by atoms with Gasteiger partial charge in [-0.2, -0.15) is 0 Å². The Morgan fingerprint density at radius 3 is 2.61 bits per heavy atom. The predicted octanol–water partition coefficient (Wildman–Crippen LogP) is 3.62. The molecule has 2 aromatic rings. The average Bonchev–Trinajstić information content (AvgIpc) is 3.02. The summed E-state index contributed by atoms with van der Waals surface area (Å²) in [7, 11) is 0. The maximum Gasteiger partial charge on any atom is 0.277 e. The Morgan fingerprint density at radius 2 is 1.91 bits per heavy atom. The molecule has 1 aliphatic rings. The number of nitrogens with zero attached hydrogens (tertiary/aromatic N) is 3. The molecule has 3 rings (SSSR count). The maximum absolute atomic E-state index is 12.5. The molecule has 122 valence electrons. The first-order chi connectivity index (χ1) is 11.1. The molecule has 2 heterocycles. The smallest absolute Gasteiger partial charge is 0.277 e. The van der Waals surface area contributed by atoms with Crippen LogP contribution in [0.4, 0.5) is 0 Å². The van der Waals surface area contributed by atoms with Crippen molar-refractivity contribution in [2.45, 2.75) is 50.4 Å². The van der Waals surface area contributed by atoms with E-state index in [1.807, 2.05) is 35.2 Å². The van der Waals surface area contributed by atoms with Gasteiger partial charge in [0, 0.05) is 17.6 Å². The van der Waals surface area contributed by atoms with Crippen LogP contribution in [0.25, 0.3) is 11.5 Å². The Labute approximate surface area is 140 Å². The summed E-state index contributed by atoms with van der Waals surface area (Å²) in [5.41, 5.74) is 0.886. The van der Waals surface area contributed by atoms with E-state index in [1.165, 1.54) is 18.2 Å². The van der Waals surface area contributed by atoms with E-state index in [0.717, 1.165) is 18.4 Å². The number of thioether (sulfide) groups is 1. The zero-order valence-corrected chi connectivity index (χ0v) is 14.3. The molecule has 0 bridgehead atoms. The summed E-state index contributed by atoms with van der Waals surface area (Å²) in [6.45, 7) is 4.25. The summed E-state index contributed by atoms with van der Waals surface area (Å²) >= 11 is 1.31. The van der Waals surface area contributed by atoms with E-state index in [9.17, 15) is 4.79 Å². The van der Waals surface area contributed by atoms with E-state index in [-0.39, 0.29) is 5.91 Å². The molecular formula is C17H21N3O2S. The van der Waals surface area contributed by atoms with Crippen molar-refractivity contribution < 1.29 is 9.21 Å². The van der Waals surface area contributed by atoms with E-state index in [4.69, 9.17) is 4.42 Å². The van der Waals surface area contributed by atoms with Gasteiger partial charge in [0.15, 0.2) is 0 Å². The molecule has 0 spiro atoms. The first kappa shape index (κ1) is 16.1. The number of aromatic nitrogens is 2. The summed E-state index contributed by atoms with van der Waals surface area (Å²) < 4.78 is 5.63. The molecule has 0 radical (unpaired) electrons. The van der Waals surface area contributed by atoms with Crippen molar-refractivity contribution in [1.29, 1.82) is 0 Å². The van der Waals surface area contributed by atoms with Crippen molar-refractivity contribution >= 4 is 17.7 Å². The number of benzene rings is 1. The lowest BCUT2D eigenvalue weighted by atomic mass is 9.98. The molecule has 6 heteroatoms. The third-order valence-corrected chi connectivity index (χ3v) is 5.03. The SMILES string of the molecule is CC1CCCC(C)N1C(=O)CSc1nnc(-c2ccccc2)o1. The highest BCUT2D eigenvalue weighted by Gasteiger charge is 2.29. The molecule has 0 N–H and O–H groups in total. The Kier molecular flexibility index (Phi) is 5.00. The van der Waals surface area contributed by atoms with Crippen molar-refractivity contribution in [3.8, 4) is 11.5 Å². The van der Waals surface area contributed by atoms with E-state index in [2.05, 4.69) is 24.0 Å². The number of carbonyl (C=O) groups excluding carboxylic acids is 1. The quantitative estimate of drug-likeness (QED) is 0.801. The van der Waals surface area contributed by atoms with Crippen molar-refractivity contribution in [1.82, 2.24) is 15.1 Å². The average molecular weight is 331 g/mol. The predicted molar refractivity (Wildman–Crippen MR) is 90.1 cm³/mol. The van der Waals surface area contributed by atoms with Crippen LogP contribution >= 0.6 is 11.8 Å². The molecule has 23 heavy (non-hydrogen) atoms. The molecule has 2 atom stereocenters. The zero-order chi connectivity index (χ0) is 16.2. The van der Waals surface area contributed by atoms with Crippen LogP contribution in [0.15, 0.2) is 40.0 Å². The summed E-state index contributed by atoms with van der Waals surface area (Å²) in [4.78, 5) is 14.5. The monoisotopic (exact) mass is 331 g/mol. The van der Waals surface area contributed by atoms with Crippen molar-refractivity contribution in [3.63, 3.8) is 0 Å². The van der Waals surface area contributed by atoms with Crippen molar-refractivity contribution in [3.05, 3.63) is 30.3 Å². The van der Waals surface area contributed by atoms with Crippen molar-refractivity contribution in [2.24, 2.45) is 0 Å². The highest BCUT2D eigenvalue weighted by Crippen LogP contribution is 2.26. The topological polar surface area (TPSA) is 59.2 Å². The fourth-order valence-corrected chi connectivity index (χ4v) is 3.71. The van der Waals surface area contributed by atoms with Gasteiger partial charge in [0.2, 0.25) is 11.8 Å². The van der Waals surface area contributed by atoms with Gasteiger partial charge in [0.25, 0.3) is 5.22 Å². The summed E-state index contributed by atoms with van der Waals surface area (Å²) in [5.74, 6) is 0.972. The van der Waals surface area contributed by atoms with Crippen LogP contribution in [0.3, 0.4) is 0 Å². The third kappa shape index (κ3) is 3.75. The molecule has 5 nitrogen and oxygen atoms in total. The van der Waals surface area contributed by atoms with Gasteiger partial charge in [-0.25, -0.2) is 0 Å². The minimum absolute atomic E-state index is 0.147. The van der Waals surface area contributed by atoms with Crippen LogP contribution in [-0.2, 0) is 4.79 Å². The Hall–Kier alpha value is -1.82. The van der Waals surface area contributed by atoms with Crippen LogP contribution in [0.5, 0.6) is 0 Å². The zero-order valence-electron chi connectivity index (χ0n) is 13.4. The van der Waals surface area contributed by atoms with Crippen LogP contribution in [-0.4, -0.2) is 38.8 Å². The third-order valence-electron chi connectivity index (χ3n) is 4.23. The molecule has 1 amide bonds. The fraction of sp³-hybridized carbons (Fsp3) is 0.471. The van der Waals surface area contributed by atoms with E-state index >= 15 is 0 Å². The molecule has 1 aliphatic heterocycles. The minimum Gasteiger partial charge on any atom is -0.411 e. The summed E-state index contributed by atoms with van der Waals surface area (Å²) in [6, 6.07) is 10.3. The van der Waals surface area contributed by atoms with Gasteiger partial charge < -0.3 is 9.32 Å². The normalized spacial score (nSPS) is 21.4. The van der Waals surface area contributed by atoms with E-state index in [1.54, 1.807) is 0 Å². The maximum atomic E-state index is 12.5. The highest BCUT2D eigenvalue weighted by molar-refractivity contribution is 7.99. The summed E-state index contributed by atoms with van der Waals surface area (Å²) in [6.07, 6.45) is 3.36. The second kappa shape index (κ2) is 7.17. The number of likely N-dealkylation sites (tertiary alicyclic amines) is 1. The van der Waals surface area contributed by atoms with Crippen molar-refractivity contribution in [2.75, 3.05) is 5.75 Å². The first-order valence-corrected chi connectivity index (χ1v) is 8.96. The molecular weight excluding hydrogens is 310 g/mol. The number of carbonyl (C=O) groups is 1. The Balaban J connectivity index is 1.60. The standard InChI is InChI=1S/C17H21N3O2S/c1-12-7-6-8-13(2)20(12)15(21)11-23-17-19-18-16(22-17)14-9-4-3-5-10-14/h3-5,9-10,12-13H,6-8,11H2,1-2H3. The van der Waals surface area contributed by atoms with Gasteiger partial charge in [-0.1, -0.05) is 30.0 Å². The van der Waals surface area contributed by atoms with Crippen LogP contribution < -0.4 is 0 Å². The molecule has 0 saturated carbocycles. The minimum atomic E-state index is 0.147. The number of hydrogen-bond acceptors (Lipinski definition) is 5. The van der Waals surface area contributed by atoms with Crippen LogP contribution in [0, 0.1) is 0 Å². The lowest BCUT2D eigenvalue weighted by molar-refractivity contribution is -0.134. The Bertz CT molecular complexity index is 649. The Morgan fingerprint density at radius 1 is 1.22 bits per heavy atom. The molecule has 1 aromatic heterocycles. The second-order valence-electron chi connectivity index (χ2n) is 5.96. The van der Waals surface area contributed by atoms with E-state index in [0.29, 0.717) is 29.0 Å². The first-order valence-electron chi connectivity index (χ1n) is 7.98. The number of rotatable bonds is 4. The molecule has 2 unspecified atom stereocenters. The van der Waals surface area contributed by atoms with Gasteiger partial charge in [0.1, 0.15) is 0 Å². The fourth-order valence-electron chi connectivity index (χ4n) is 3.08. The molecule has 1 saturated heterocycles. The summed E-state index contributed by atoms with van der Waals surface area (Å²) in [5, 5.41) is 8.51.